The predicted octanol–water partition coefficient (Wildman–Crippen LogP) is 3.84. The number of nitrogens with one attached hydrogen (secondary N) is 1. The van der Waals surface area contributed by atoms with Gasteiger partial charge >= 0.3 is 0 Å². The quantitative estimate of drug-likeness (QED) is 0.617. The molecule has 0 aliphatic carbocycles. The Kier molecular flexibility index (Phi) is 5.82. The van der Waals surface area contributed by atoms with Crippen LogP contribution in [0.15, 0.2) is 15.9 Å². The van der Waals surface area contributed by atoms with Gasteiger partial charge in [0.15, 0.2) is 0 Å². The molecule has 0 spiro atoms. The van der Waals surface area contributed by atoms with E-state index in [9.17, 15) is 0 Å². The van der Waals surface area contributed by atoms with Crippen molar-refractivity contribution < 1.29 is 0 Å². The first-order chi connectivity index (χ1) is 7.22. The van der Waals surface area contributed by atoms with Gasteiger partial charge in [-0.05, 0) is 39.7 Å². The molecule has 0 aliphatic heterocycles. The summed E-state index contributed by atoms with van der Waals surface area (Å²) in [6.45, 7) is 4.48. The largest absolute Gasteiger partial charge is 0.271 e. The van der Waals surface area contributed by atoms with Crippen LogP contribution in [0, 0.1) is 5.92 Å². The molecule has 1 aromatic heterocycles. The molecule has 0 radical (unpaired) electrons. The maximum atomic E-state index is 5.63. The lowest BCUT2D eigenvalue weighted by Crippen LogP contribution is -2.29. The van der Waals surface area contributed by atoms with Crippen LogP contribution in [0.4, 0.5) is 0 Å². The summed E-state index contributed by atoms with van der Waals surface area (Å²) in [5.74, 6) is 6.38. The van der Waals surface area contributed by atoms with Crippen LogP contribution in [0.1, 0.15) is 44.0 Å². The first-order valence-corrected chi connectivity index (χ1v) is 7.09. The summed E-state index contributed by atoms with van der Waals surface area (Å²) >= 11 is 5.31. The average Bonchev–Trinajstić information content (AvgIpc) is 2.67. The third-order valence-corrected chi connectivity index (χ3v) is 4.87. The zero-order valence-electron chi connectivity index (χ0n) is 9.29. The van der Waals surface area contributed by atoms with Crippen molar-refractivity contribution in [1.82, 2.24) is 5.43 Å². The van der Waals surface area contributed by atoms with Gasteiger partial charge in [0.2, 0.25) is 0 Å². The number of halogens is 1. The van der Waals surface area contributed by atoms with E-state index < -0.39 is 0 Å². The molecule has 1 atom stereocenters. The molecule has 0 bridgehead atoms. The van der Waals surface area contributed by atoms with Gasteiger partial charge in [0.05, 0.1) is 6.04 Å². The Balaban J connectivity index is 2.68. The molecular formula is C11H19BrN2S. The van der Waals surface area contributed by atoms with Gasteiger partial charge < -0.3 is 0 Å². The lowest BCUT2D eigenvalue weighted by atomic mass is 9.94. The second kappa shape index (κ2) is 6.63. The topological polar surface area (TPSA) is 38.0 Å². The Morgan fingerprint density at radius 3 is 2.53 bits per heavy atom. The molecule has 0 amide bonds. The third kappa shape index (κ3) is 3.55. The van der Waals surface area contributed by atoms with Crippen LogP contribution in [0.5, 0.6) is 0 Å². The normalized spacial score (nSPS) is 13.4. The van der Waals surface area contributed by atoms with Gasteiger partial charge in [0.25, 0.3) is 0 Å². The highest BCUT2D eigenvalue weighted by Crippen LogP contribution is 2.33. The highest BCUT2D eigenvalue weighted by atomic mass is 79.9. The van der Waals surface area contributed by atoms with Crippen LogP contribution >= 0.6 is 27.3 Å². The zero-order chi connectivity index (χ0) is 11.3. The molecule has 4 heteroatoms. The summed E-state index contributed by atoms with van der Waals surface area (Å²) in [5.41, 5.74) is 2.92. The number of nitrogens with two attached hydrogens (primary N) is 1. The Hall–Kier alpha value is 0.100. The fraction of sp³-hybridized carbons (Fsp3) is 0.636. The summed E-state index contributed by atoms with van der Waals surface area (Å²) in [6.07, 6.45) is 3.55. The molecule has 1 rings (SSSR count). The minimum atomic E-state index is 0.282. The standard InChI is InChI=1S/C11H19BrN2S/c1-3-8(4-2)7-10(14-13)11-9(12)5-6-15-11/h5-6,8,10,14H,3-4,7,13H2,1-2H3. The number of hydrogen-bond donors (Lipinski definition) is 2. The highest BCUT2D eigenvalue weighted by molar-refractivity contribution is 9.10. The fourth-order valence-corrected chi connectivity index (χ4v) is 3.48. The van der Waals surface area contributed by atoms with Crippen molar-refractivity contribution in [2.24, 2.45) is 11.8 Å². The van der Waals surface area contributed by atoms with Gasteiger partial charge in [-0.2, -0.15) is 0 Å². The SMILES string of the molecule is CCC(CC)CC(NN)c1sccc1Br. The monoisotopic (exact) mass is 290 g/mol. The Morgan fingerprint density at radius 1 is 1.47 bits per heavy atom. The van der Waals surface area contributed by atoms with Gasteiger partial charge in [0, 0.05) is 9.35 Å². The summed E-state index contributed by atoms with van der Waals surface area (Å²) in [6, 6.07) is 2.36. The van der Waals surface area contributed by atoms with E-state index in [0.717, 1.165) is 12.3 Å². The second-order valence-electron chi connectivity index (χ2n) is 3.77. The van der Waals surface area contributed by atoms with Crippen LogP contribution in [0.3, 0.4) is 0 Å². The molecule has 0 aromatic carbocycles. The third-order valence-electron chi connectivity index (χ3n) is 2.89. The van der Waals surface area contributed by atoms with Gasteiger partial charge in [-0.1, -0.05) is 26.7 Å². The van der Waals surface area contributed by atoms with Crippen LogP contribution in [0.2, 0.25) is 0 Å². The summed E-state index contributed by atoms with van der Waals surface area (Å²) < 4.78 is 1.17. The summed E-state index contributed by atoms with van der Waals surface area (Å²) in [7, 11) is 0. The van der Waals surface area contributed by atoms with Crippen molar-refractivity contribution in [2.75, 3.05) is 0 Å². The number of hydrazine groups is 1. The van der Waals surface area contributed by atoms with E-state index in [0.29, 0.717) is 0 Å². The highest BCUT2D eigenvalue weighted by Gasteiger charge is 2.18. The van der Waals surface area contributed by atoms with Gasteiger partial charge in [-0.3, -0.25) is 11.3 Å². The van der Waals surface area contributed by atoms with E-state index in [1.165, 1.54) is 22.2 Å². The minimum absolute atomic E-state index is 0.282. The molecule has 0 aliphatic rings. The zero-order valence-corrected chi connectivity index (χ0v) is 11.7. The van der Waals surface area contributed by atoms with Crippen molar-refractivity contribution in [1.29, 1.82) is 0 Å². The van der Waals surface area contributed by atoms with Crippen molar-refractivity contribution in [3.05, 3.63) is 20.8 Å². The molecule has 0 fully saturated rings. The second-order valence-corrected chi connectivity index (χ2v) is 5.57. The van der Waals surface area contributed by atoms with Crippen LogP contribution in [-0.4, -0.2) is 0 Å². The molecule has 86 valence electrons. The van der Waals surface area contributed by atoms with E-state index >= 15 is 0 Å². The minimum Gasteiger partial charge on any atom is -0.271 e. The Morgan fingerprint density at radius 2 is 2.13 bits per heavy atom. The Bertz CT molecular complexity index is 284. The molecule has 3 N–H and O–H groups in total. The molecule has 1 aromatic rings. The van der Waals surface area contributed by atoms with Gasteiger partial charge in [-0.25, -0.2) is 0 Å². The van der Waals surface area contributed by atoms with Crippen LogP contribution in [0.25, 0.3) is 0 Å². The maximum Gasteiger partial charge on any atom is 0.0567 e. The average molecular weight is 291 g/mol. The van der Waals surface area contributed by atoms with E-state index in [1.54, 1.807) is 11.3 Å². The van der Waals surface area contributed by atoms with Crippen LogP contribution < -0.4 is 11.3 Å². The Labute approximate surface area is 104 Å². The van der Waals surface area contributed by atoms with E-state index in [1.807, 2.05) is 0 Å². The molecular weight excluding hydrogens is 272 g/mol. The lowest BCUT2D eigenvalue weighted by molar-refractivity contribution is 0.377. The van der Waals surface area contributed by atoms with Crippen molar-refractivity contribution in [3.63, 3.8) is 0 Å². The van der Waals surface area contributed by atoms with Crippen molar-refractivity contribution in [3.8, 4) is 0 Å². The van der Waals surface area contributed by atoms with Crippen molar-refractivity contribution in [2.45, 2.75) is 39.2 Å². The molecule has 0 saturated heterocycles. The van der Waals surface area contributed by atoms with Crippen molar-refractivity contribution >= 4 is 27.3 Å². The summed E-state index contributed by atoms with van der Waals surface area (Å²) in [5, 5.41) is 2.09. The van der Waals surface area contributed by atoms with Gasteiger partial charge in [0.1, 0.15) is 0 Å². The number of rotatable bonds is 6. The number of thiophene rings is 1. The first kappa shape index (κ1) is 13.2. The molecule has 1 unspecified atom stereocenters. The predicted molar refractivity (Wildman–Crippen MR) is 70.8 cm³/mol. The smallest absolute Gasteiger partial charge is 0.0567 e. The summed E-state index contributed by atoms with van der Waals surface area (Å²) in [4.78, 5) is 1.31. The van der Waals surface area contributed by atoms with E-state index in [4.69, 9.17) is 5.84 Å². The molecule has 0 saturated carbocycles. The lowest BCUT2D eigenvalue weighted by Gasteiger charge is -2.20. The molecule has 1 heterocycles. The van der Waals surface area contributed by atoms with E-state index in [-0.39, 0.29) is 6.04 Å². The van der Waals surface area contributed by atoms with Crippen LogP contribution in [-0.2, 0) is 0 Å². The molecule has 2 nitrogen and oxygen atoms in total. The fourth-order valence-electron chi connectivity index (χ4n) is 1.76. The van der Waals surface area contributed by atoms with Gasteiger partial charge in [-0.15, -0.1) is 11.3 Å². The maximum absolute atomic E-state index is 5.63. The van der Waals surface area contributed by atoms with E-state index in [2.05, 4.69) is 46.6 Å². The first-order valence-electron chi connectivity index (χ1n) is 5.41. The number of hydrogen-bond acceptors (Lipinski definition) is 3. The molecule has 15 heavy (non-hydrogen) atoms.